The van der Waals surface area contributed by atoms with Crippen LogP contribution in [0.25, 0.3) is 0 Å². The Kier molecular flexibility index (Phi) is 3.11. The normalized spacial score (nSPS) is 29.5. The standard InChI is InChI=1S/C16H20O2/c1-18-15-6-4-12(5-7-15)16(17)10-14-9-11-2-3-13(14)8-11/h4-7,11,13-14H,2-3,8-10H2,1H3. The average molecular weight is 244 g/mol. The highest BCUT2D eigenvalue weighted by molar-refractivity contribution is 5.96. The van der Waals surface area contributed by atoms with Gasteiger partial charge in [-0.2, -0.15) is 0 Å². The first-order chi connectivity index (χ1) is 8.76. The second-order valence-corrected chi connectivity index (χ2v) is 5.79. The van der Waals surface area contributed by atoms with E-state index in [4.69, 9.17) is 4.74 Å². The zero-order valence-electron chi connectivity index (χ0n) is 10.9. The maximum Gasteiger partial charge on any atom is 0.163 e. The van der Waals surface area contributed by atoms with Gasteiger partial charge >= 0.3 is 0 Å². The van der Waals surface area contributed by atoms with Gasteiger partial charge in [0.25, 0.3) is 0 Å². The molecule has 2 aliphatic rings. The highest BCUT2D eigenvalue weighted by atomic mass is 16.5. The molecule has 3 rings (SSSR count). The van der Waals surface area contributed by atoms with E-state index >= 15 is 0 Å². The van der Waals surface area contributed by atoms with Crippen molar-refractivity contribution in [2.45, 2.75) is 32.1 Å². The lowest BCUT2D eigenvalue weighted by atomic mass is 9.84. The summed E-state index contributed by atoms with van der Waals surface area (Å²) in [5.74, 6) is 3.51. The fourth-order valence-corrected chi connectivity index (χ4v) is 3.76. The largest absolute Gasteiger partial charge is 0.497 e. The maximum absolute atomic E-state index is 12.2. The Hall–Kier alpha value is -1.31. The average Bonchev–Trinajstić information content (AvgIpc) is 3.01. The van der Waals surface area contributed by atoms with E-state index in [-0.39, 0.29) is 0 Å². The molecule has 1 aromatic carbocycles. The van der Waals surface area contributed by atoms with Crippen LogP contribution in [0.2, 0.25) is 0 Å². The summed E-state index contributed by atoms with van der Waals surface area (Å²) in [5, 5.41) is 0. The molecule has 2 fully saturated rings. The van der Waals surface area contributed by atoms with Crippen LogP contribution in [-0.2, 0) is 0 Å². The van der Waals surface area contributed by atoms with Crippen molar-refractivity contribution in [3.8, 4) is 5.75 Å². The van der Waals surface area contributed by atoms with Gasteiger partial charge in [-0.1, -0.05) is 6.42 Å². The molecule has 0 heterocycles. The van der Waals surface area contributed by atoms with Crippen LogP contribution in [0.4, 0.5) is 0 Å². The lowest BCUT2D eigenvalue weighted by Gasteiger charge is -2.20. The highest BCUT2D eigenvalue weighted by Gasteiger charge is 2.40. The van der Waals surface area contributed by atoms with Gasteiger partial charge in [-0.25, -0.2) is 0 Å². The van der Waals surface area contributed by atoms with Gasteiger partial charge in [-0.15, -0.1) is 0 Å². The summed E-state index contributed by atoms with van der Waals surface area (Å²) in [6, 6.07) is 7.50. The Labute approximate surface area is 108 Å². The minimum absolute atomic E-state index is 0.301. The smallest absolute Gasteiger partial charge is 0.163 e. The van der Waals surface area contributed by atoms with E-state index in [1.807, 2.05) is 24.3 Å². The lowest BCUT2D eigenvalue weighted by molar-refractivity contribution is 0.0944. The summed E-state index contributed by atoms with van der Waals surface area (Å²) >= 11 is 0. The van der Waals surface area contributed by atoms with Crippen LogP contribution in [0.15, 0.2) is 24.3 Å². The number of hydrogen-bond donors (Lipinski definition) is 0. The molecule has 3 unspecified atom stereocenters. The monoisotopic (exact) mass is 244 g/mol. The van der Waals surface area contributed by atoms with Crippen molar-refractivity contribution in [1.82, 2.24) is 0 Å². The van der Waals surface area contributed by atoms with E-state index in [1.165, 1.54) is 25.7 Å². The Bertz CT molecular complexity index is 435. The van der Waals surface area contributed by atoms with Gasteiger partial charge in [0.1, 0.15) is 5.75 Å². The van der Waals surface area contributed by atoms with Gasteiger partial charge in [0.05, 0.1) is 7.11 Å². The molecule has 2 bridgehead atoms. The predicted molar refractivity (Wildman–Crippen MR) is 70.9 cm³/mol. The van der Waals surface area contributed by atoms with E-state index < -0.39 is 0 Å². The molecule has 0 spiro atoms. The Morgan fingerprint density at radius 1 is 1.22 bits per heavy atom. The topological polar surface area (TPSA) is 26.3 Å². The van der Waals surface area contributed by atoms with Crippen LogP contribution in [0, 0.1) is 17.8 Å². The summed E-state index contributed by atoms with van der Waals surface area (Å²) in [5.41, 5.74) is 0.832. The molecule has 0 N–H and O–H groups in total. The quantitative estimate of drug-likeness (QED) is 0.755. The Morgan fingerprint density at radius 3 is 2.56 bits per heavy atom. The summed E-state index contributed by atoms with van der Waals surface area (Å²) in [4.78, 5) is 12.2. The van der Waals surface area contributed by atoms with E-state index in [2.05, 4.69) is 0 Å². The van der Waals surface area contributed by atoms with Crippen molar-refractivity contribution in [2.75, 3.05) is 7.11 Å². The lowest BCUT2D eigenvalue weighted by Crippen LogP contribution is -2.15. The maximum atomic E-state index is 12.2. The van der Waals surface area contributed by atoms with Crippen LogP contribution in [0.1, 0.15) is 42.5 Å². The molecule has 18 heavy (non-hydrogen) atoms. The zero-order valence-corrected chi connectivity index (χ0v) is 10.9. The van der Waals surface area contributed by atoms with E-state index in [1.54, 1.807) is 7.11 Å². The third-order valence-electron chi connectivity index (χ3n) is 4.74. The second kappa shape index (κ2) is 4.75. The van der Waals surface area contributed by atoms with E-state index in [0.717, 1.165) is 29.6 Å². The SMILES string of the molecule is COc1ccc(C(=O)CC2CC3CCC2C3)cc1. The number of ketones is 1. The zero-order chi connectivity index (χ0) is 12.5. The number of fused-ring (bicyclic) bond motifs is 2. The summed E-state index contributed by atoms with van der Waals surface area (Å²) in [6.45, 7) is 0. The number of methoxy groups -OCH3 is 1. The molecule has 2 aliphatic carbocycles. The van der Waals surface area contributed by atoms with E-state index in [0.29, 0.717) is 11.7 Å². The minimum atomic E-state index is 0.301. The number of benzene rings is 1. The fourth-order valence-electron chi connectivity index (χ4n) is 3.76. The first kappa shape index (κ1) is 11.8. The summed E-state index contributed by atoms with van der Waals surface area (Å²) < 4.78 is 5.11. The second-order valence-electron chi connectivity index (χ2n) is 5.79. The van der Waals surface area contributed by atoms with Crippen molar-refractivity contribution in [3.05, 3.63) is 29.8 Å². The first-order valence-corrected chi connectivity index (χ1v) is 6.93. The molecule has 96 valence electrons. The number of rotatable bonds is 4. The van der Waals surface area contributed by atoms with Crippen molar-refractivity contribution >= 4 is 5.78 Å². The van der Waals surface area contributed by atoms with E-state index in [9.17, 15) is 4.79 Å². The third kappa shape index (κ3) is 2.16. The molecule has 0 amide bonds. The van der Waals surface area contributed by atoms with Gasteiger partial charge in [0.15, 0.2) is 5.78 Å². The number of carbonyl (C=O) groups excluding carboxylic acids is 1. The molecule has 0 aromatic heterocycles. The molecule has 2 nitrogen and oxygen atoms in total. The van der Waals surface area contributed by atoms with Crippen LogP contribution in [-0.4, -0.2) is 12.9 Å². The molecule has 3 atom stereocenters. The van der Waals surface area contributed by atoms with Crippen LogP contribution >= 0.6 is 0 Å². The molecule has 0 aliphatic heterocycles. The van der Waals surface area contributed by atoms with Gasteiger partial charge in [0.2, 0.25) is 0 Å². The molecular weight excluding hydrogens is 224 g/mol. The number of Topliss-reactive ketones (excluding diaryl/α,β-unsaturated/α-hetero) is 1. The molecule has 0 radical (unpaired) electrons. The fraction of sp³-hybridized carbons (Fsp3) is 0.562. The molecule has 2 heteroatoms. The Morgan fingerprint density at radius 2 is 2.00 bits per heavy atom. The van der Waals surface area contributed by atoms with Gasteiger partial charge < -0.3 is 4.74 Å². The predicted octanol–water partition coefficient (Wildman–Crippen LogP) is 3.70. The number of carbonyl (C=O) groups is 1. The highest BCUT2D eigenvalue weighted by Crippen LogP contribution is 2.49. The van der Waals surface area contributed by atoms with Gasteiger partial charge in [-0.3, -0.25) is 4.79 Å². The molecule has 1 aromatic rings. The molecule has 2 saturated carbocycles. The Balaban J connectivity index is 1.64. The first-order valence-electron chi connectivity index (χ1n) is 6.93. The van der Waals surface area contributed by atoms with Crippen LogP contribution in [0.5, 0.6) is 5.75 Å². The van der Waals surface area contributed by atoms with Crippen molar-refractivity contribution in [2.24, 2.45) is 17.8 Å². The minimum Gasteiger partial charge on any atom is -0.497 e. The molecular formula is C16H20O2. The van der Waals surface area contributed by atoms with Crippen molar-refractivity contribution in [3.63, 3.8) is 0 Å². The number of ether oxygens (including phenoxy) is 1. The van der Waals surface area contributed by atoms with Crippen molar-refractivity contribution in [1.29, 1.82) is 0 Å². The number of hydrogen-bond acceptors (Lipinski definition) is 2. The van der Waals surface area contributed by atoms with Gasteiger partial charge in [-0.05, 0) is 61.3 Å². The molecule has 0 saturated heterocycles. The van der Waals surface area contributed by atoms with Crippen LogP contribution in [0.3, 0.4) is 0 Å². The van der Waals surface area contributed by atoms with Gasteiger partial charge in [0, 0.05) is 12.0 Å². The summed E-state index contributed by atoms with van der Waals surface area (Å²) in [6.07, 6.45) is 6.16. The third-order valence-corrected chi connectivity index (χ3v) is 4.74. The van der Waals surface area contributed by atoms with Crippen molar-refractivity contribution < 1.29 is 9.53 Å². The van der Waals surface area contributed by atoms with Crippen LogP contribution < -0.4 is 4.74 Å². The summed E-state index contributed by atoms with van der Waals surface area (Å²) in [7, 11) is 1.64.